The number of carbonyl (C=O) groups excluding carboxylic acids is 2. The van der Waals surface area contributed by atoms with Crippen LogP contribution >= 0.6 is 0 Å². The molecule has 2 atom stereocenters. The molecule has 2 amide bonds. The summed E-state index contributed by atoms with van der Waals surface area (Å²) in [6.45, 7) is 6.61. The van der Waals surface area contributed by atoms with E-state index in [4.69, 9.17) is 0 Å². The lowest BCUT2D eigenvalue weighted by Gasteiger charge is -2.38. The Balaban J connectivity index is 1.65. The molecule has 2 aliphatic rings. The standard InChI is InChI=1S/C22H24F2N4O4/c1-11(2)27-8-12(3)28-17(27)10-26-9-15(19(29)20(30)18(26)22(28)32)21(31)25-7-13-4-5-14(23)6-16(13)24/h4-6,9,11-12,17,30H,7-8,10H2,1-3H3,(H,25,31)/t12-,17-/m1/s1. The van der Waals surface area contributed by atoms with Gasteiger partial charge >= 0.3 is 0 Å². The van der Waals surface area contributed by atoms with Crippen molar-refractivity contribution in [2.75, 3.05) is 6.54 Å². The van der Waals surface area contributed by atoms with Crippen molar-refractivity contribution in [3.8, 4) is 5.75 Å². The second kappa shape index (κ2) is 8.01. The summed E-state index contributed by atoms with van der Waals surface area (Å²) in [4.78, 5) is 42.2. The number of amides is 2. The Hall–Kier alpha value is -3.27. The van der Waals surface area contributed by atoms with Crippen molar-refractivity contribution in [2.24, 2.45) is 0 Å². The van der Waals surface area contributed by atoms with Crippen LogP contribution in [0, 0.1) is 11.6 Å². The van der Waals surface area contributed by atoms with Gasteiger partial charge < -0.3 is 19.9 Å². The van der Waals surface area contributed by atoms with Crippen LogP contribution in [0.25, 0.3) is 0 Å². The lowest BCUT2D eigenvalue weighted by atomic mass is 10.1. The van der Waals surface area contributed by atoms with E-state index in [1.54, 1.807) is 4.90 Å². The predicted octanol–water partition coefficient (Wildman–Crippen LogP) is 1.66. The number of halogens is 2. The summed E-state index contributed by atoms with van der Waals surface area (Å²) in [5.41, 5.74) is -1.45. The Kier molecular flexibility index (Phi) is 5.49. The Morgan fingerprint density at radius 2 is 1.97 bits per heavy atom. The maximum Gasteiger partial charge on any atom is 0.276 e. The number of fused-ring (bicyclic) bond motifs is 2. The number of nitrogens with one attached hydrogen (secondary N) is 1. The van der Waals surface area contributed by atoms with E-state index in [1.165, 1.54) is 16.8 Å². The van der Waals surface area contributed by atoms with E-state index in [0.29, 0.717) is 12.6 Å². The van der Waals surface area contributed by atoms with Crippen molar-refractivity contribution in [3.05, 3.63) is 63.1 Å². The van der Waals surface area contributed by atoms with Gasteiger partial charge in [-0.2, -0.15) is 0 Å². The number of hydrogen-bond donors (Lipinski definition) is 2. The molecule has 8 nitrogen and oxygen atoms in total. The highest BCUT2D eigenvalue weighted by atomic mass is 19.1. The summed E-state index contributed by atoms with van der Waals surface area (Å²) >= 11 is 0. The molecule has 0 saturated carbocycles. The van der Waals surface area contributed by atoms with Crippen LogP contribution in [0.15, 0.2) is 29.2 Å². The summed E-state index contributed by atoms with van der Waals surface area (Å²) in [6.07, 6.45) is 0.987. The number of nitrogens with zero attached hydrogens (tertiary/aromatic N) is 3. The van der Waals surface area contributed by atoms with Gasteiger partial charge in [-0.15, -0.1) is 0 Å². The quantitative estimate of drug-likeness (QED) is 0.745. The second-order valence-corrected chi connectivity index (χ2v) is 8.47. The maximum atomic E-state index is 13.8. The summed E-state index contributed by atoms with van der Waals surface area (Å²) < 4.78 is 28.3. The van der Waals surface area contributed by atoms with Crippen LogP contribution in [0.5, 0.6) is 5.75 Å². The third kappa shape index (κ3) is 3.54. The summed E-state index contributed by atoms with van der Waals surface area (Å²) in [5.74, 6) is -3.66. The van der Waals surface area contributed by atoms with Crippen molar-refractivity contribution in [1.82, 2.24) is 19.7 Å². The molecule has 4 rings (SSSR count). The van der Waals surface area contributed by atoms with Gasteiger partial charge in [0.2, 0.25) is 5.43 Å². The Labute approximate surface area is 183 Å². The van der Waals surface area contributed by atoms with Crippen LogP contribution in [-0.4, -0.2) is 56.1 Å². The molecule has 170 valence electrons. The normalized spacial score (nSPS) is 20.4. The van der Waals surface area contributed by atoms with E-state index < -0.39 is 34.6 Å². The number of benzene rings is 1. The molecule has 0 spiro atoms. The smallest absolute Gasteiger partial charge is 0.276 e. The average Bonchev–Trinajstić information content (AvgIpc) is 3.06. The molecule has 10 heteroatoms. The SMILES string of the molecule is CC(C)N1C[C@@H](C)N2C(=O)c3c(O)c(=O)c(C(=O)NCc4ccc(F)cc4F)cn3C[C@H]12. The van der Waals surface area contributed by atoms with E-state index in [0.717, 1.165) is 6.07 Å². The van der Waals surface area contributed by atoms with Crippen molar-refractivity contribution in [1.29, 1.82) is 0 Å². The molecule has 2 aromatic rings. The fourth-order valence-corrected chi connectivity index (χ4v) is 4.47. The molecule has 3 heterocycles. The summed E-state index contributed by atoms with van der Waals surface area (Å²) in [7, 11) is 0. The van der Waals surface area contributed by atoms with Crippen LogP contribution in [0.4, 0.5) is 8.78 Å². The van der Waals surface area contributed by atoms with E-state index in [9.17, 15) is 28.3 Å². The third-order valence-electron chi connectivity index (χ3n) is 6.07. The predicted molar refractivity (Wildman–Crippen MR) is 111 cm³/mol. The number of hydrogen-bond acceptors (Lipinski definition) is 5. The second-order valence-electron chi connectivity index (χ2n) is 8.47. The lowest BCUT2D eigenvalue weighted by Crippen LogP contribution is -2.53. The number of pyridine rings is 1. The average molecular weight is 446 g/mol. The van der Waals surface area contributed by atoms with Crippen molar-refractivity contribution in [2.45, 2.75) is 52.1 Å². The zero-order chi connectivity index (χ0) is 23.3. The monoisotopic (exact) mass is 446 g/mol. The van der Waals surface area contributed by atoms with Gasteiger partial charge in [-0.05, 0) is 26.8 Å². The zero-order valence-electron chi connectivity index (χ0n) is 17.9. The van der Waals surface area contributed by atoms with Gasteiger partial charge in [0.05, 0.1) is 6.54 Å². The van der Waals surface area contributed by atoms with E-state index in [2.05, 4.69) is 10.2 Å². The Morgan fingerprint density at radius 1 is 1.25 bits per heavy atom. The highest BCUT2D eigenvalue weighted by molar-refractivity contribution is 5.99. The molecule has 2 N–H and O–H groups in total. The molecule has 0 aliphatic carbocycles. The molecule has 0 bridgehead atoms. The Morgan fingerprint density at radius 3 is 2.62 bits per heavy atom. The van der Waals surface area contributed by atoms with Gasteiger partial charge in [0, 0.05) is 43.0 Å². The van der Waals surface area contributed by atoms with Gasteiger partial charge in [-0.25, -0.2) is 8.78 Å². The first-order chi connectivity index (χ1) is 15.1. The number of rotatable bonds is 4. The van der Waals surface area contributed by atoms with Gasteiger partial charge in [0.15, 0.2) is 11.4 Å². The molecule has 2 aliphatic heterocycles. The van der Waals surface area contributed by atoms with Crippen molar-refractivity contribution in [3.63, 3.8) is 0 Å². The largest absolute Gasteiger partial charge is 0.503 e. The maximum absolute atomic E-state index is 13.8. The molecule has 1 aromatic carbocycles. The van der Waals surface area contributed by atoms with Gasteiger partial charge in [-0.3, -0.25) is 19.3 Å². The molecule has 1 fully saturated rings. The topological polar surface area (TPSA) is 94.9 Å². The van der Waals surface area contributed by atoms with Crippen LogP contribution in [-0.2, 0) is 13.1 Å². The lowest BCUT2D eigenvalue weighted by molar-refractivity contribution is 0.0404. The molecular weight excluding hydrogens is 422 g/mol. The molecular formula is C22H24F2N4O4. The first-order valence-electron chi connectivity index (χ1n) is 10.4. The van der Waals surface area contributed by atoms with Crippen LogP contribution in [0.3, 0.4) is 0 Å². The van der Waals surface area contributed by atoms with Crippen molar-refractivity contribution < 1.29 is 23.5 Å². The fourth-order valence-electron chi connectivity index (χ4n) is 4.47. The molecule has 1 aromatic heterocycles. The molecule has 1 saturated heterocycles. The summed E-state index contributed by atoms with van der Waals surface area (Å²) in [6, 6.07) is 3.03. The van der Waals surface area contributed by atoms with E-state index >= 15 is 0 Å². The Bertz CT molecular complexity index is 1160. The van der Waals surface area contributed by atoms with Crippen LogP contribution in [0.1, 0.15) is 47.2 Å². The van der Waals surface area contributed by atoms with Crippen molar-refractivity contribution >= 4 is 11.8 Å². The highest BCUT2D eigenvalue weighted by Crippen LogP contribution is 2.32. The first-order valence-corrected chi connectivity index (χ1v) is 10.4. The van der Waals surface area contributed by atoms with E-state index in [1.807, 2.05) is 20.8 Å². The van der Waals surface area contributed by atoms with Crippen LogP contribution in [0.2, 0.25) is 0 Å². The highest BCUT2D eigenvalue weighted by Gasteiger charge is 2.46. The van der Waals surface area contributed by atoms with E-state index in [-0.39, 0.29) is 48.2 Å². The fraction of sp³-hybridized carbons (Fsp3) is 0.409. The molecule has 0 radical (unpaired) electrons. The number of aromatic nitrogens is 1. The zero-order valence-corrected chi connectivity index (χ0v) is 17.9. The minimum atomic E-state index is -0.979. The minimum Gasteiger partial charge on any atom is -0.503 e. The minimum absolute atomic E-state index is 0.0420. The first kappa shape index (κ1) is 21.9. The third-order valence-corrected chi connectivity index (χ3v) is 6.07. The van der Waals surface area contributed by atoms with Crippen LogP contribution < -0.4 is 10.7 Å². The number of carbonyl (C=O) groups is 2. The number of aromatic hydroxyl groups is 1. The van der Waals surface area contributed by atoms with Gasteiger partial charge in [0.25, 0.3) is 11.8 Å². The summed E-state index contributed by atoms with van der Waals surface area (Å²) in [5, 5.41) is 12.9. The molecule has 0 unspecified atom stereocenters. The molecule has 32 heavy (non-hydrogen) atoms. The van der Waals surface area contributed by atoms with Gasteiger partial charge in [-0.1, -0.05) is 6.07 Å². The van der Waals surface area contributed by atoms with Gasteiger partial charge in [0.1, 0.15) is 23.4 Å².